The highest BCUT2D eigenvalue weighted by Crippen LogP contribution is 2.06. The number of hydrogen-bond donors (Lipinski definition) is 1. The zero-order chi connectivity index (χ0) is 13.8. The molecule has 0 saturated heterocycles. The number of rotatable bonds is 3. The van der Waals surface area contributed by atoms with Crippen LogP contribution in [0.25, 0.3) is 6.08 Å². The Kier molecular flexibility index (Phi) is 3.71. The Hall–Kier alpha value is -2.49. The number of aromatic amines is 1. The van der Waals surface area contributed by atoms with E-state index in [0.717, 1.165) is 5.69 Å². The maximum absolute atomic E-state index is 12.0. The summed E-state index contributed by atoms with van der Waals surface area (Å²) < 4.78 is 0. The van der Waals surface area contributed by atoms with E-state index < -0.39 is 0 Å². The van der Waals surface area contributed by atoms with Gasteiger partial charge in [0.1, 0.15) is 0 Å². The summed E-state index contributed by atoms with van der Waals surface area (Å²) in [5.41, 5.74) is 1.92. The van der Waals surface area contributed by atoms with E-state index >= 15 is 0 Å². The molecule has 0 aliphatic heterocycles. The molecule has 0 bridgehead atoms. The van der Waals surface area contributed by atoms with Crippen LogP contribution in [-0.2, 0) is 0 Å². The van der Waals surface area contributed by atoms with Gasteiger partial charge in [-0.15, -0.1) is 0 Å². The maximum atomic E-state index is 12.0. The number of nitrogens with zero attached hydrogens (tertiary/aromatic N) is 1. The van der Waals surface area contributed by atoms with E-state index in [4.69, 9.17) is 0 Å². The average Bonchev–Trinajstić information content (AvgIpc) is 2.36. The fraction of sp³-hybridized carbons (Fsp3) is 0.133. The highest BCUT2D eigenvalue weighted by Gasteiger charge is 2.11. The predicted octanol–water partition coefficient (Wildman–Crippen LogP) is 2.28. The lowest BCUT2D eigenvalue weighted by Gasteiger charge is -2.02. The van der Waals surface area contributed by atoms with E-state index in [1.54, 1.807) is 44.3 Å². The van der Waals surface area contributed by atoms with Crippen LogP contribution in [0.4, 0.5) is 0 Å². The summed E-state index contributed by atoms with van der Waals surface area (Å²) in [6.07, 6.45) is 4.62. The summed E-state index contributed by atoms with van der Waals surface area (Å²) in [5, 5.41) is 0. The van der Waals surface area contributed by atoms with Crippen LogP contribution in [0.1, 0.15) is 27.3 Å². The molecule has 0 amide bonds. The van der Waals surface area contributed by atoms with Gasteiger partial charge in [0, 0.05) is 11.9 Å². The summed E-state index contributed by atoms with van der Waals surface area (Å²) >= 11 is 0. The van der Waals surface area contributed by atoms with Crippen molar-refractivity contribution in [3.8, 4) is 0 Å². The number of ketones is 1. The third kappa shape index (κ3) is 3.04. The Labute approximate surface area is 110 Å². The summed E-state index contributed by atoms with van der Waals surface area (Å²) in [6, 6.07) is 7.20. The topological polar surface area (TPSA) is 62.8 Å². The molecule has 2 heterocycles. The van der Waals surface area contributed by atoms with E-state index in [1.807, 2.05) is 6.07 Å². The van der Waals surface area contributed by atoms with Gasteiger partial charge in [0.2, 0.25) is 0 Å². The molecule has 0 fully saturated rings. The van der Waals surface area contributed by atoms with Crippen LogP contribution in [0.5, 0.6) is 0 Å². The first-order chi connectivity index (χ1) is 9.08. The largest absolute Gasteiger partial charge is 0.326 e. The number of nitrogens with one attached hydrogen (secondary N) is 1. The predicted molar refractivity (Wildman–Crippen MR) is 74.1 cm³/mol. The summed E-state index contributed by atoms with van der Waals surface area (Å²) in [4.78, 5) is 30.5. The average molecular weight is 254 g/mol. The van der Waals surface area contributed by atoms with E-state index in [0.29, 0.717) is 11.3 Å². The fourth-order valence-corrected chi connectivity index (χ4v) is 1.88. The van der Waals surface area contributed by atoms with Gasteiger partial charge in [-0.05, 0) is 49.8 Å². The van der Waals surface area contributed by atoms with Crippen molar-refractivity contribution in [3.63, 3.8) is 0 Å². The Morgan fingerprint density at radius 3 is 2.74 bits per heavy atom. The number of allylic oxidation sites excluding steroid dienone is 1. The standard InChI is InChI=1S/C15H14N2O2/c1-10-9-11(2)17-15(19)14(10)13(18)7-6-12-5-3-4-8-16-12/h3-9H,1-2H3,(H,17,19)/b7-6+. The number of carbonyl (C=O) groups excluding carboxylic acids is 1. The molecule has 2 aromatic heterocycles. The molecule has 0 aliphatic carbocycles. The second-order valence-electron chi connectivity index (χ2n) is 4.29. The molecule has 2 aromatic rings. The number of aromatic nitrogens is 2. The minimum absolute atomic E-state index is 0.179. The van der Waals surface area contributed by atoms with Gasteiger partial charge >= 0.3 is 0 Å². The highest BCUT2D eigenvalue weighted by molar-refractivity contribution is 6.07. The molecule has 0 unspecified atom stereocenters. The first-order valence-electron chi connectivity index (χ1n) is 5.92. The minimum atomic E-state index is -0.354. The van der Waals surface area contributed by atoms with Gasteiger partial charge in [-0.2, -0.15) is 0 Å². The van der Waals surface area contributed by atoms with Gasteiger partial charge in [-0.1, -0.05) is 6.07 Å². The molecule has 0 spiro atoms. The summed E-state index contributed by atoms with van der Waals surface area (Å²) in [5.74, 6) is -0.315. The van der Waals surface area contributed by atoms with Crippen LogP contribution in [0.2, 0.25) is 0 Å². The normalized spacial score (nSPS) is 10.8. The van der Waals surface area contributed by atoms with Gasteiger partial charge < -0.3 is 4.98 Å². The second kappa shape index (κ2) is 5.44. The zero-order valence-electron chi connectivity index (χ0n) is 10.8. The molecule has 0 aromatic carbocycles. The Morgan fingerprint density at radius 2 is 2.11 bits per heavy atom. The van der Waals surface area contributed by atoms with E-state index in [-0.39, 0.29) is 16.9 Å². The van der Waals surface area contributed by atoms with Crippen molar-refractivity contribution in [1.29, 1.82) is 0 Å². The second-order valence-corrected chi connectivity index (χ2v) is 4.29. The molecule has 0 atom stereocenters. The van der Waals surface area contributed by atoms with Gasteiger partial charge in [-0.25, -0.2) is 0 Å². The summed E-state index contributed by atoms with van der Waals surface area (Å²) in [7, 11) is 0. The first-order valence-corrected chi connectivity index (χ1v) is 5.92. The molecular formula is C15H14N2O2. The molecule has 96 valence electrons. The number of hydrogen-bond acceptors (Lipinski definition) is 3. The van der Waals surface area contributed by atoms with Crippen molar-refractivity contribution in [3.05, 3.63) is 69.4 Å². The molecule has 0 aliphatic rings. The highest BCUT2D eigenvalue weighted by atomic mass is 16.1. The Bertz CT molecular complexity index is 685. The lowest BCUT2D eigenvalue weighted by Crippen LogP contribution is -2.19. The molecule has 0 saturated carbocycles. The van der Waals surface area contributed by atoms with Crippen molar-refractivity contribution in [2.24, 2.45) is 0 Å². The molecule has 0 radical (unpaired) electrons. The SMILES string of the molecule is Cc1cc(C)c(C(=O)/C=C/c2ccccn2)c(=O)[nH]1. The van der Waals surface area contributed by atoms with Gasteiger partial charge in [0.25, 0.3) is 5.56 Å². The van der Waals surface area contributed by atoms with Crippen LogP contribution in [0, 0.1) is 13.8 Å². The molecule has 1 N–H and O–H groups in total. The van der Waals surface area contributed by atoms with Crippen molar-refractivity contribution in [1.82, 2.24) is 9.97 Å². The number of aryl methyl sites for hydroxylation is 2. The maximum Gasteiger partial charge on any atom is 0.259 e. The third-order valence-corrected chi connectivity index (χ3v) is 2.70. The van der Waals surface area contributed by atoms with Crippen LogP contribution in [0.3, 0.4) is 0 Å². The number of H-pyrrole nitrogens is 1. The Morgan fingerprint density at radius 1 is 1.32 bits per heavy atom. The number of pyridine rings is 2. The smallest absolute Gasteiger partial charge is 0.259 e. The third-order valence-electron chi connectivity index (χ3n) is 2.70. The molecule has 2 rings (SSSR count). The number of carbonyl (C=O) groups is 1. The quantitative estimate of drug-likeness (QED) is 0.675. The fourth-order valence-electron chi connectivity index (χ4n) is 1.88. The lowest BCUT2D eigenvalue weighted by molar-refractivity contribution is 0.104. The van der Waals surface area contributed by atoms with Gasteiger partial charge in [-0.3, -0.25) is 14.6 Å². The summed E-state index contributed by atoms with van der Waals surface area (Å²) in [6.45, 7) is 3.54. The van der Waals surface area contributed by atoms with Gasteiger partial charge in [0.05, 0.1) is 11.3 Å². The van der Waals surface area contributed by atoms with Crippen LogP contribution in [0.15, 0.2) is 41.3 Å². The molecular weight excluding hydrogens is 240 g/mol. The first kappa shape index (κ1) is 13.0. The van der Waals surface area contributed by atoms with Crippen molar-refractivity contribution in [2.45, 2.75) is 13.8 Å². The molecule has 4 nitrogen and oxygen atoms in total. The Balaban J connectivity index is 2.31. The van der Waals surface area contributed by atoms with Gasteiger partial charge in [0.15, 0.2) is 5.78 Å². The monoisotopic (exact) mass is 254 g/mol. The molecule has 4 heteroatoms. The van der Waals surface area contributed by atoms with E-state index in [2.05, 4.69) is 9.97 Å². The van der Waals surface area contributed by atoms with Crippen molar-refractivity contribution < 1.29 is 4.79 Å². The van der Waals surface area contributed by atoms with E-state index in [9.17, 15) is 9.59 Å². The zero-order valence-corrected chi connectivity index (χ0v) is 10.8. The van der Waals surface area contributed by atoms with Crippen LogP contribution in [-0.4, -0.2) is 15.8 Å². The van der Waals surface area contributed by atoms with Crippen LogP contribution < -0.4 is 5.56 Å². The van der Waals surface area contributed by atoms with Crippen molar-refractivity contribution >= 4 is 11.9 Å². The molecule has 19 heavy (non-hydrogen) atoms. The van der Waals surface area contributed by atoms with Crippen molar-refractivity contribution in [2.75, 3.05) is 0 Å². The minimum Gasteiger partial charge on any atom is -0.326 e. The van der Waals surface area contributed by atoms with Crippen LogP contribution >= 0.6 is 0 Å². The lowest BCUT2D eigenvalue weighted by atomic mass is 10.1. The van der Waals surface area contributed by atoms with E-state index in [1.165, 1.54) is 6.08 Å².